The van der Waals surface area contributed by atoms with Gasteiger partial charge in [0, 0.05) is 36.2 Å². The van der Waals surface area contributed by atoms with E-state index in [1.54, 1.807) is 36.5 Å². The average Bonchev–Trinajstić information content (AvgIpc) is 2.93. The summed E-state index contributed by atoms with van der Waals surface area (Å²) in [6.45, 7) is 15.3. The summed E-state index contributed by atoms with van der Waals surface area (Å²) in [5.74, 6) is -0.884. The third-order valence-corrected chi connectivity index (χ3v) is 7.77. The number of esters is 1. The van der Waals surface area contributed by atoms with Crippen LogP contribution in [0.25, 0.3) is 0 Å². The third kappa shape index (κ3) is 15.7. The maximum absolute atomic E-state index is 11.1. The summed E-state index contributed by atoms with van der Waals surface area (Å²) in [6, 6.07) is 0. The molecule has 0 rings (SSSR count). The first kappa shape index (κ1) is 38.0. The summed E-state index contributed by atoms with van der Waals surface area (Å²) in [7, 11) is 1.30. The molecule has 5 N–H and O–H groups in total. The van der Waals surface area contributed by atoms with Gasteiger partial charge in [0.2, 0.25) is 0 Å². The van der Waals surface area contributed by atoms with Gasteiger partial charge in [0.1, 0.15) is 0 Å². The van der Waals surface area contributed by atoms with Crippen molar-refractivity contribution in [1.82, 2.24) is 0 Å². The molecule has 0 aliphatic rings. The van der Waals surface area contributed by atoms with E-state index in [0.717, 1.165) is 12.8 Å². The zero-order valence-corrected chi connectivity index (χ0v) is 25.6. The van der Waals surface area contributed by atoms with E-state index < -0.39 is 36.5 Å². The molecule has 0 aromatic carbocycles. The molecule has 7 heteroatoms. The van der Waals surface area contributed by atoms with E-state index in [-0.39, 0.29) is 41.9 Å². The van der Waals surface area contributed by atoms with Gasteiger partial charge in [-0.25, -0.2) is 4.79 Å². The Balaban J connectivity index is 4.65. The Hall–Kier alpha value is -2.03. The van der Waals surface area contributed by atoms with Gasteiger partial charge < -0.3 is 30.3 Å². The normalized spacial score (nSPS) is 21.1. The molecule has 0 spiro atoms. The molecular formula is C33H56O7. The first-order valence-electron chi connectivity index (χ1n) is 14.6. The monoisotopic (exact) mass is 564 g/mol. The van der Waals surface area contributed by atoms with Crippen LogP contribution in [-0.2, 0) is 9.53 Å². The number of aliphatic hydroxyl groups excluding tert-OH is 5. The zero-order valence-electron chi connectivity index (χ0n) is 25.6. The number of rotatable bonds is 20. The van der Waals surface area contributed by atoms with Crippen molar-refractivity contribution in [3.05, 3.63) is 61.3 Å². The van der Waals surface area contributed by atoms with Crippen LogP contribution in [0.3, 0.4) is 0 Å². The molecule has 0 saturated carbocycles. The van der Waals surface area contributed by atoms with Crippen LogP contribution >= 0.6 is 0 Å². The number of hydrogen-bond acceptors (Lipinski definition) is 7. The lowest BCUT2D eigenvalue weighted by molar-refractivity contribution is -0.134. The summed E-state index contributed by atoms with van der Waals surface area (Å²) in [4.78, 5) is 11.1. The fraction of sp³-hybridized carbons (Fsp3) is 0.667. The molecule has 0 aliphatic heterocycles. The van der Waals surface area contributed by atoms with Gasteiger partial charge >= 0.3 is 5.97 Å². The van der Waals surface area contributed by atoms with Crippen LogP contribution < -0.4 is 0 Å². The Bertz CT molecular complexity index is 818. The molecular weight excluding hydrogens is 508 g/mol. The highest BCUT2D eigenvalue weighted by Gasteiger charge is 2.27. The number of ether oxygens (including phenoxy) is 1. The van der Waals surface area contributed by atoms with Crippen LogP contribution in [-0.4, -0.2) is 69.1 Å². The van der Waals surface area contributed by atoms with Crippen molar-refractivity contribution in [2.45, 2.75) is 97.7 Å². The molecule has 0 aromatic heterocycles. The van der Waals surface area contributed by atoms with E-state index in [1.165, 1.54) is 19.3 Å². The third-order valence-electron chi connectivity index (χ3n) is 7.77. The van der Waals surface area contributed by atoms with Gasteiger partial charge in [-0.15, -0.1) is 0 Å². The molecule has 0 radical (unpaired) electrons. The second kappa shape index (κ2) is 20.8. The Morgan fingerprint density at radius 1 is 0.725 bits per heavy atom. The van der Waals surface area contributed by atoms with Crippen molar-refractivity contribution < 1.29 is 35.1 Å². The lowest BCUT2D eigenvalue weighted by Gasteiger charge is -2.29. The topological polar surface area (TPSA) is 127 Å². The maximum atomic E-state index is 11.1. The molecule has 0 saturated heterocycles. The summed E-state index contributed by atoms with van der Waals surface area (Å²) < 4.78 is 4.52. The second-order valence-electron chi connectivity index (χ2n) is 11.5. The first-order chi connectivity index (χ1) is 18.7. The van der Waals surface area contributed by atoms with Crippen LogP contribution in [0.5, 0.6) is 0 Å². The molecule has 40 heavy (non-hydrogen) atoms. The zero-order chi connectivity index (χ0) is 30.8. The smallest absolute Gasteiger partial charge is 0.330 e. The Labute approximate surface area is 242 Å². The minimum absolute atomic E-state index is 0.0183. The van der Waals surface area contributed by atoms with Crippen molar-refractivity contribution >= 4 is 5.97 Å². The van der Waals surface area contributed by atoms with Gasteiger partial charge in [-0.3, -0.25) is 0 Å². The second-order valence-corrected chi connectivity index (χ2v) is 11.5. The number of aliphatic hydroxyl groups is 5. The van der Waals surface area contributed by atoms with E-state index in [2.05, 4.69) is 18.2 Å². The van der Waals surface area contributed by atoms with E-state index in [0.29, 0.717) is 6.42 Å². The molecule has 0 unspecified atom stereocenters. The van der Waals surface area contributed by atoms with Gasteiger partial charge in [-0.05, 0) is 31.1 Å². The molecule has 0 aliphatic carbocycles. The molecule has 11 atom stereocenters. The molecule has 0 heterocycles. The largest absolute Gasteiger partial charge is 0.466 e. The summed E-state index contributed by atoms with van der Waals surface area (Å²) >= 11 is 0. The van der Waals surface area contributed by atoms with Crippen molar-refractivity contribution in [3.63, 3.8) is 0 Å². The number of methoxy groups -OCH3 is 1. The van der Waals surface area contributed by atoms with E-state index in [1.807, 2.05) is 40.7 Å². The highest BCUT2D eigenvalue weighted by atomic mass is 16.5. The van der Waals surface area contributed by atoms with E-state index in [9.17, 15) is 30.3 Å². The molecule has 230 valence electrons. The van der Waals surface area contributed by atoms with Crippen molar-refractivity contribution in [3.8, 4) is 0 Å². The fourth-order valence-corrected chi connectivity index (χ4v) is 4.73. The van der Waals surface area contributed by atoms with E-state index >= 15 is 0 Å². The molecule has 7 nitrogen and oxygen atoms in total. The lowest BCUT2D eigenvalue weighted by Crippen LogP contribution is -2.33. The lowest BCUT2D eigenvalue weighted by atomic mass is 9.82. The number of hydrogen-bond donors (Lipinski definition) is 5. The standard InChI is InChI=1S/C33H56O7/c1-9-10-13-24(4)33(39)27(7)29(35)19-16-22(2)20-26(6)32(38)25(5)17-18-28(34)21-30(36)23(3)14-11-12-15-31(37)40-8/h9-15,17-18,22-30,32-36,38-39H,1,16,19-21H2,2-8H3/b13-10-,14-11+,15-12-,18-17-/t22-,23+,24-,25-,26-,27-,28+,29+,30-,32-,33-/m0/s1. The van der Waals surface area contributed by atoms with Gasteiger partial charge in [-0.1, -0.05) is 96.7 Å². The van der Waals surface area contributed by atoms with Crippen LogP contribution in [0.2, 0.25) is 0 Å². The number of carbonyl (C=O) groups is 1. The highest BCUT2D eigenvalue weighted by Crippen LogP contribution is 2.27. The predicted molar refractivity (Wildman–Crippen MR) is 162 cm³/mol. The molecule has 0 amide bonds. The van der Waals surface area contributed by atoms with Crippen molar-refractivity contribution in [2.24, 2.45) is 35.5 Å². The summed E-state index contributed by atoms with van der Waals surface area (Å²) in [5, 5.41) is 52.7. The molecule has 0 bridgehead atoms. The minimum Gasteiger partial charge on any atom is -0.466 e. The quantitative estimate of drug-likeness (QED) is 0.0625. The average molecular weight is 565 g/mol. The van der Waals surface area contributed by atoms with Crippen molar-refractivity contribution in [1.29, 1.82) is 0 Å². The summed E-state index contributed by atoms with van der Waals surface area (Å²) in [5.41, 5.74) is 0. The Kier molecular flexibility index (Phi) is 19.7. The number of carbonyl (C=O) groups excluding carboxylic acids is 1. The maximum Gasteiger partial charge on any atom is 0.330 e. The van der Waals surface area contributed by atoms with Gasteiger partial charge in [-0.2, -0.15) is 0 Å². The summed E-state index contributed by atoms with van der Waals surface area (Å²) in [6.07, 6.45) is 13.8. The highest BCUT2D eigenvalue weighted by molar-refractivity contribution is 5.82. The van der Waals surface area contributed by atoms with Gasteiger partial charge in [0.15, 0.2) is 0 Å². The Morgan fingerprint density at radius 3 is 1.93 bits per heavy atom. The van der Waals surface area contributed by atoms with Crippen molar-refractivity contribution in [2.75, 3.05) is 7.11 Å². The first-order valence-corrected chi connectivity index (χ1v) is 14.6. The van der Waals surface area contributed by atoms with Crippen LogP contribution in [0.1, 0.15) is 67.2 Å². The molecule has 0 fully saturated rings. The predicted octanol–water partition coefficient (Wildman–Crippen LogP) is 4.75. The van der Waals surface area contributed by atoms with Crippen LogP contribution in [0.15, 0.2) is 61.3 Å². The van der Waals surface area contributed by atoms with Crippen LogP contribution in [0, 0.1) is 35.5 Å². The van der Waals surface area contributed by atoms with Crippen LogP contribution in [0.4, 0.5) is 0 Å². The number of allylic oxidation sites excluding steroid dienone is 4. The van der Waals surface area contributed by atoms with Gasteiger partial charge in [0.25, 0.3) is 0 Å². The molecule has 0 aromatic rings. The van der Waals surface area contributed by atoms with Gasteiger partial charge in [0.05, 0.1) is 37.6 Å². The fourth-order valence-electron chi connectivity index (χ4n) is 4.73. The SMILES string of the molecule is C=C/C=C\[C@H](C)[C@H](O)[C@@H](C)[C@H](O)CC[C@H](C)C[C@H](C)[C@@H](O)[C@@H](C)/C=C\[C@@H](O)C[C@H](O)[C@H](C)/C=C/C=C\C(=O)OC. The minimum atomic E-state index is -0.853. The van der Waals surface area contributed by atoms with E-state index in [4.69, 9.17) is 0 Å². The Morgan fingerprint density at radius 2 is 1.32 bits per heavy atom.